The average molecular weight is 455 g/mol. The monoisotopic (exact) mass is 454 g/mol. The summed E-state index contributed by atoms with van der Waals surface area (Å²) in [5.74, 6) is 1.99. The molecule has 0 unspecified atom stereocenters. The van der Waals surface area contributed by atoms with E-state index in [9.17, 15) is 4.39 Å². The van der Waals surface area contributed by atoms with Crippen molar-refractivity contribution in [3.05, 3.63) is 59.7 Å². The highest BCUT2D eigenvalue weighted by Crippen LogP contribution is 2.37. The van der Waals surface area contributed by atoms with Gasteiger partial charge in [-0.25, -0.2) is 9.07 Å². The number of nitrogens with zero attached hydrogens (tertiary/aromatic N) is 6. The lowest BCUT2D eigenvalue weighted by atomic mass is 10.00. The van der Waals surface area contributed by atoms with Crippen LogP contribution < -0.4 is 14.4 Å². The van der Waals surface area contributed by atoms with E-state index < -0.39 is 0 Å². The molecule has 1 aromatic heterocycles. The first-order chi connectivity index (χ1) is 15.8. The minimum atomic E-state index is -0.285. The molecule has 9 heteroatoms. The van der Waals surface area contributed by atoms with Gasteiger partial charge in [0.05, 0.1) is 19.8 Å². The number of ether oxygens (including phenoxy) is 2. The SMILES string of the molecule is COc1ccc([C@@H](c2nnnn2C(C)(C)C)N2CCN(c3ccc(F)cc3)CC2)c(OC)c1. The number of piperazine rings is 1. The van der Waals surface area contributed by atoms with Crippen molar-refractivity contribution in [2.45, 2.75) is 32.4 Å². The van der Waals surface area contributed by atoms with Gasteiger partial charge in [-0.05, 0) is 67.6 Å². The van der Waals surface area contributed by atoms with Crippen LogP contribution >= 0.6 is 0 Å². The highest BCUT2D eigenvalue weighted by atomic mass is 19.1. The fourth-order valence-corrected chi connectivity index (χ4v) is 4.28. The molecule has 1 aliphatic heterocycles. The summed E-state index contributed by atoms with van der Waals surface area (Å²) in [6, 6.07) is 12.3. The molecule has 0 amide bonds. The number of hydrogen-bond donors (Lipinski definition) is 0. The molecular weight excluding hydrogens is 423 g/mol. The van der Waals surface area contributed by atoms with E-state index in [4.69, 9.17) is 9.47 Å². The maximum Gasteiger partial charge on any atom is 0.173 e. The molecule has 0 aliphatic carbocycles. The maximum atomic E-state index is 13.4. The zero-order valence-corrected chi connectivity index (χ0v) is 19.8. The second kappa shape index (κ2) is 9.35. The Hall–Kier alpha value is -3.20. The molecule has 0 radical (unpaired) electrons. The van der Waals surface area contributed by atoms with Crippen molar-refractivity contribution in [1.82, 2.24) is 25.1 Å². The molecule has 2 aromatic carbocycles. The first-order valence-electron chi connectivity index (χ1n) is 11.1. The molecule has 176 valence electrons. The number of rotatable bonds is 6. The molecule has 2 heterocycles. The Morgan fingerprint density at radius 2 is 1.64 bits per heavy atom. The Balaban J connectivity index is 1.69. The van der Waals surface area contributed by atoms with Crippen molar-refractivity contribution in [1.29, 1.82) is 0 Å². The third kappa shape index (κ3) is 4.78. The van der Waals surface area contributed by atoms with Crippen LogP contribution in [0.5, 0.6) is 11.5 Å². The predicted molar refractivity (Wildman–Crippen MR) is 124 cm³/mol. The average Bonchev–Trinajstić information content (AvgIpc) is 3.31. The van der Waals surface area contributed by atoms with Gasteiger partial charge >= 0.3 is 0 Å². The van der Waals surface area contributed by atoms with Gasteiger partial charge in [0.2, 0.25) is 0 Å². The second-order valence-corrected chi connectivity index (χ2v) is 9.13. The molecule has 0 spiro atoms. The zero-order chi connectivity index (χ0) is 23.6. The second-order valence-electron chi connectivity index (χ2n) is 9.13. The molecule has 33 heavy (non-hydrogen) atoms. The van der Waals surface area contributed by atoms with Gasteiger partial charge in [0.25, 0.3) is 0 Å². The summed E-state index contributed by atoms with van der Waals surface area (Å²) in [7, 11) is 3.30. The van der Waals surface area contributed by atoms with E-state index in [0.717, 1.165) is 54.8 Å². The van der Waals surface area contributed by atoms with Gasteiger partial charge in [0.15, 0.2) is 5.82 Å². The van der Waals surface area contributed by atoms with Crippen molar-refractivity contribution in [2.75, 3.05) is 45.3 Å². The highest BCUT2D eigenvalue weighted by molar-refractivity contribution is 5.47. The predicted octanol–water partition coefficient (Wildman–Crippen LogP) is 3.50. The van der Waals surface area contributed by atoms with Crippen LogP contribution in [0.1, 0.15) is 38.2 Å². The van der Waals surface area contributed by atoms with Crippen molar-refractivity contribution in [3.8, 4) is 11.5 Å². The molecule has 1 aliphatic rings. The molecule has 0 saturated carbocycles. The molecule has 3 aromatic rings. The van der Waals surface area contributed by atoms with Crippen LogP contribution in [0.3, 0.4) is 0 Å². The van der Waals surface area contributed by atoms with Gasteiger partial charge < -0.3 is 14.4 Å². The molecule has 1 fully saturated rings. The first-order valence-corrected chi connectivity index (χ1v) is 11.1. The number of methoxy groups -OCH3 is 2. The highest BCUT2D eigenvalue weighted by Gasteiger charge is 2.35. The molecule has 1 saturated heterocycles. The van der Waals surface area contributed by atoms with E-state index in [1.165, 1.54) is 12.1 Å². The first kappa shape index (κ1) is 23.0. The van der Waals surface area contributed by atoms with Crippen LogP contribution in [0.4, 0.5) is 10.1 Å². The quantitative estimate of drug-likeness (QED) is 0.565. The van der Waals surface area contributed by atoms with Crippen molar-refractivity contribution >= 4 is 5.69 Å². The van der Waals surface area contributed by atoms with Gasteiger partial charge in [-0.3, -0.25) is 4.90 Å². The largest absolute Gasteiger partial charge is 0.497 e. The standard InChI is InChI=1S/C24H31FN6O2/c1-24(2,3)31-23(26-27-28-31)22(20-11-10-19(32-4)16-21(20)33-5)30-14-12-29(13-15-30)18-8-6-17(25)7-9-18/h6-11,16,22H,12-15H2,1-5H3/t22-/m0/s1. The summed E-state index contributed by atoms with van der Waals surface area (Å²) in [6.07, 6.45) is 0. The minimum absolute atomic E-state index is 0.199. The summed E-state index contributed by atoms with van der Waals surface area (Å²) in [4.78, 5) is 4.64. The van der Waals surface area contributed by atoms with Crippen LogP contribution in [-0.2, 0) is 5.54 Å². The molecular formula is C24H31FN6O2. The molecule has 1 atom stereocenters. The van der Waals surface area contributed by atoms with Gasteiger partial charge in [-0.15, -0.1) is 5.10 Å². The van der Waals surface area contributed by atoms with Gasteiger partial charge in [0.1, 0.15) is 23.4 Å². The summed E-state index contributed by atoms with van der Waals surface area (Å²) < 4.78 is 26.4. The van der Waals surface area contributed by atoms with Gasteiger partial charge in [0, 0.05) is 43.5 Å². The van der Waals surface area contributed by atoms with Crippen LogP contribution in [0.2, 0.25) is 0 Å². The smallest absolute Gasteiger partial charge is 0.173 e. The lowest BCUT2D eigenvalue weighted by molar-refractivity contribution is 0.188. The van der Waals surface area contributed by atoms with Gasteiger partial charge in [-0.2, -0.15) is 0 Å². The normalized spacial score (nSPS) is 16.0. The van der Waals surface area contributed by atoms with Crippen LogP contribution in [-0.4, -0.2) is 65.5 Å². The van der Waals surface area contributed by atoms with E-state index in [2.05, 4.69) is 46.1 Å². The lowest BCUT2D eigenvalue weighted by Crippen LogP contribution is -2.48. The van der Waals surface area contributed by atoms with Crippen molar-refractivity contribution in [2.24, 2.45) is 0 Å². The third-order valence-corrected chi connectivity index (χ3v) is 5.98. The Morgan fingerprint density at radius 1 is 0.939 bits per heavy atom. The number of hydrogen-bond acceptors (Lipinski definition) is 7. The number of anilines is 1. The number of tetrazole rings is 1. The van der Waals surface area contributed by atoms with E-state index in [1.807, 2.05) is 35.0 Å². The molecule has 8 nitrogen and oxygen atoms in total. The van der Waals surface area contributed by atoms with Crippen molar-refractivity contribution in [3.63, 3.8) is 0 Å². The fraction of sp³-hybridized carbons (Fsp3) is 0.458. The number of halogens is 1. The number of benzene rings is 2. The Morgan fingerprint density at radius 3 is 2.24 bits per heavy atom. The van der Waals surface area contributed by atoms with Gasteiger partial charge in [-0.1, -0.05) is 0 Å². The van der Waals surface area contributed by atoms with E-state index in [1.54, 1.807) is 14.2 Å². The third-order valence-electron chi connectivity index (χ3n) is 5.98. The van der Waals surface area contributed by atoms with E-state index in [-0.39, 0.29) is 17.4 Å². The fourth-order valence-electron chi connectivity index (χ4n) is 4.28. The summed E-state index contributed by atoms with van der Waals surface area (Å²) in [5.41, 5.74) is 1.72. The van der Waals surface area contributed by atoms with E-state index in [0.29, 0.717) is 0 Å². The zero-order valence-electron chi connectivity index (χ0n) is 19.8. The van der Waals surface area contributed by atoms with E-state index >= 15 is 0 Å². The lowest BCUT2D eigenvalue weighted by Gasteiger charge is -2.40. The molecule has 0 N–H and O–H groups in total. The summed E-state index contributed by atoms with van der Waals surface area (Å²) >= 11 is 0. The van der Waals surface area contributed by atoms with Crippen molar-refractivity contribution < 1.29 is 13.9 Å². The van der Waals surface area contributed by atoms with Crippen LogP contribution in [0, 0.1) is 5.82 Å². The Bertz CT molecular complexity index is 1070. The van der Waals surface area contributed by atoms with Crippen LogP contribution in [0.25, 0.3) is 0 Å². The summed E-state index contributed by atoms with van der Waals surface area (Å²) in [5, 5.41) is 12.8. The van der Waals surface area contributed by atoms with Crippen LogP contribution in [0.15, 0.2) is 42.5 Å². The minimum Gasteiger partial charge on any atom is -0.497 e. The number of aromatic nitrogens is 4. The Kier molecular flexibility index (Phi) is 6.51. The molecule has 4 rings (SSSR count). The maximum absolute atomic E-state index is 13.4. The Labute approximate surface area is 193 Å². The molecule has 0 bridgehead atoms. The summed E-state index contributed by atoms with van der Waals surface area (Å²) in [6.45, 7) is 9.43. The topological polar surface area (TPSA) is 68.5 Å².